The summed E-state index contributed by atoms with van der Waals surface area (Å²) in [5.41, 5.74) is 9.76. The van der Waals surface area contributed by atoms with Gasteiger partial charge < -0.3 is 69.9 Å². The lowest BCUT2D eigenvalue weighted by molar-refractivity contribution is -0.138. The average molecular weight is 1800 g/mol. The Bertz CT molecular complexity index is 5940. The van der Waals surface area contributed by atoms with E-state index in [0.717, 1.165) is 84.7 Å². The van der Waals surface area contributed by atoms with Crippen LogP contribution >= 0.6 is 0 Å². The molecule has 7 amide bonds. The molecule has 132 heavy (non-hydrogen) atoms. The van der Waals surface area contributed by atoms with E-state index in [-0.39, 0.29) is 156 Å². The van der Waals surface area contributed by atoms with Gasteiger partial charge in [-0.05, 0) is 186 Å². The first-order valence-corrected chi connectivity index (χ1v) is 44.3. The van der Waals surface area contributed by atoms with Crippen LogP contribution in [0.4, 0.5) is 36.1 Å². The van der Waals surface area contributed by atoms with Crippen molar-refractivity contribution in [1.82, 2.24) is 39.7 Å². The number of piperidine rings is 3. The van der Waals surface area contributed by atoms with Crippen LogP contribution in [-0.2, 0) is 40.6 Å². The molecular formula is C99H103F3N16O14. The fraction of sp³-hybridized carbons (Fsp3) is 0.404. The molecule has 6 N–H and O–H groups in total. The SMILES string of the molecule is CC1(C)C[C@@H]1C(=O)Nc1cccc(-c2ccc(O[C@H]3CCN(C(=O)CO)C[C@H]3F)c(C#N)c2)c1.CC1CC1C(=O)Nc1cccc(-c2ccc(O[C@H]3CCN(C(=O)CO)C[C@H]3F)c(C#N)c2)c1.CC[C@@H]1C[C@H]1C(=O)Nc1cc(-c2ccc(OC3CCOCC3)c(C#N)c2)ccn1.Cn1cc(C(=O)N2CC[C@H](Oc3ccc(-c4cc(NC(=O)C5CC5)ccn4)cc3C#N)[C@H](F)C2)nn1. The minimum Gasteiger partial charge on any atom is -0.489 e. The number of nitriles is 4. The highest BCUT2D eigenvalue weighted by Gasteiger charge is 2.51. The van der Waals surface area contributed by atoms with Gasteiger partial charge >= 0.3 is 0 Å². The molecule has 8 aliphatic rings. The number of ether oxygens (including phenoxy) is 5. The van der Waals surface area contributed by atoms with E-state index in [4.69, 9.17) is 33.9 Å². The van der Waals surface area contributed by atoms with Gasteiger partial charge in [-0.3, -0.25) is 43.2 Å². The maximum absolute atomic E-state index is 15.0. The predicted octanol–water partition coefficient (Wildman–Crippen LogP) is 13.5. The summed E-state index contributed by atoms with van der Waals surface area (Å²) >= 11 is 0. The number of amides is 7. The Kier molecular flexibility index (Phi) is 30.4. The number of alkyl halides is 3. The van der Waals surface area contributed by atoms with Gasteiger partial charge in [0.1, 0.15) is 90.7 Å². The Labute approximate surface area is 762 Å². The summed E-state index contributed by atoms with van der Waals surface area (Å²) in [5.74, 6) is 1.84. The van der Waals surface area contributed by atoms with Crippen LogP contribution < -0.4 is 40.2 Å². The monoisotopic (exact) mass is 1800 g/mol. The number of nitrogens with one attached hydrogen (secondary N) is 4. The number of likely N-dealkylation sites (tertiary alicyclic amines) is 3. The van der Waals surface area contributed by atoms with Gasteiger partial charge in [0.05, 0.1) is 67.0 Å². The van der Waals surface area contributed by atoms with E-state index < -0.39 is 61.9 Å². The van der Waals surface area contributed by atoms with Crippen molar-refractivity contribution in [3.05, 3.63) is 192 Å². The minimum atomic E-state index is -1.43. The molecule has 4 aliphatic heterocycles. The number of benzene rings is 6. The highest BCUT2D eigenvalue weighted by molar-refractivity contribution is 5.98. The highest BCUT2D eigenvalue weighted by atomic mass is 19.1. The maximum Gasteiger partial charge on any atom is 0.276 e. The van der Waals surface area contributed by atoms with Crippen molar-refractivity contribution in [2.24, 2.45) is 48.0 Å². The van der Waals surface area contributed by atoms with Gasteiger partial charge in [0.25, 0.3) is 5.91 Å². The normalized spacial score (nSPS) is 21.9. The standard InChI is InChI=1S/C26H28FN3O4.C25H24FN7O3.C25H26FN3O4.C23H25N3O3/c1-26(2)12-20(26)25(33)29-19-5-3-4-16(11-19)17-6-7-22(18(10-17)13-28)34-23-8-9-30(14-21(23)27)24(32)15-31;1-32-14-21(30-31-32)25(35)33-9-7-23(19(26)13-33)36-22-5-4-16(10-17(22)12-27)20-11-18(6-8-28-20)29-24(34)15-2-3-15;1-15-9-20(15)25(32)28-19-4-2-3-16(11-19)17-5-6-22(18(10-17)12-27)33-23-7-8-29(13-21(23)26)24(31)14-30;1-2-15-12-20(15)23(27)26-22-13-17(5-8-25-22)16-3-4-21(18(11-16)14-24)29-19-6-9-28-10-7-19/h3-7,10-11,20-21,23,31H,8-9,12,14-15H2,1-2H3,(H,29,33);4-6,8,10-11,14-15,19,23H,2-3,7,9,13H2,1H3,(H,28,29,34);2-6,10-11,15,20-21,23,30H,7-9,13-14H2,1H3,(H,28,32);3-5,8,11,13,15,19-20H,2,6-7,9-10,12H2,1H3,(H,25,26,27)/t20-,21-,23+;19-,23+;15?,20?,21-,23+;15-,20-/m1111/s1. The number of aromatic nitrogens is 5. The molecule has 11 atom stereocenters. The number of hydrogen-bond donors (Lipinski definition) is 6. The third kappa shape index (κ3) is 24.1. The van der Waals surface area contributed by atoms with Gasteiger partial charge in [-0.15, -0.1) is 5.10 Å². The summed E-state index contributed by atoms with van der Waals surface area (Å²) in [6.45, 7) is 8.81. The summed E-state index contributed by atoms with van der Waals surface area (Å²) in [4.78, 5) is 97.3. The molecule has 9 aromatic rings. The molecular weight excluding hydrogens is 1690 g/mol. The summed E-state index contributed by atoms with van der Waals surface area (Å²) in [7, 11) is 1.65. The second-order valence-electron chi connectivity index (χ2n) is 35.0. The molecule has 0 bridgehead atoms. The number of carbonyl (C=O) groups excluding carboxylic acids is 7. The largest absolute Gasteiger partial charge is 0.489 e. The van der Waals surface area contributed by atoms with Crippen LogP contribution in [0, 0.1) is 86.2 Å². The topological polar surface area (TPSA) is 416 Å². The molecule has 4 saturated heterocycles. The smallest absolute Gasteiger partial charge is 0.276 e. The molecule has 17 rings (SSSR count). The molecule has 4 aliphatic carbocycles. The second kappa shape index (κ2) is 42.6. The number of nitrogens with zero attached hydrogens (tertiary/aromatic N) is 12. The molecule has 33 heteroatoms. The third-order valence-corrected chi connectivity index (χ3v) is 24.8. The average Bonchev–Trinajstić information content (AvgIpc) is 1.59. The fourth-order valence-corrected chi connectivity index (χ4v) is 16.3. The number of pyridine rings is 2. The number of aliphatic hydroxyl groups is 2. The Morgan fingerprint density at radius 2 is 0.947 bits per heavy atom. The van der Waals surface area contributed by atoms with Gasteiger partial charge in [-0.1, -0.05) is 81.8 Å². The van der Waals surface area contributed by atoms with Crippen LogP contribution in [0.1, 0.15) is 131 Å². The van der Waals surface area contributed by atoms with Crippen molar-refractivity contribution in [2.75, 3.05) is 87.0 Å². The van der Waals surface area contributed by atoms with Crippen molar-refractivity contribution >= 4 is 64.2 Å². The van der Waals surface area contributed by atoms with Gasteiger partial charge in [0.2, 0.25) is 35.4 Å². The quantitative estimate of drug-likeness (QED) is 0.0327. The molecule has 0 spiro atoms. The van der Waals surface area contributed by atoms with Crippen LogP contribution in [-0.4, -0.2) is 200 Å². The fourth-order valence-electron chi connectivity index (χ4n) is 16.3. The summed E-state index contributed by atoms with van der Waals surface area (Å²) in [6.07, 6.45) is 6.26. The van der Waals surface area contributed by atoms with Gasteiger partial charge in [-0.2, -0.15) is 21.0 Å². The number of halogens is 3. The summed E-state index contributed by atoms with van der Waals surface area (Å²) < 4.78 is 74.5. The second-order valence-corrected chi connectivity index (χ2v) is 35.0. The molecule has 0 radical (unpaired) electrons. The van der Waals surface area contributed by atoms with E-state index in [1.54, 1.807) is 86.2 Å². The van der Waals surface area contributed by atoms with E-state index in [1.165, 1.54) is 25.6 Å². The van der Waals surface area contributed by atoms with Crippen molar-refractivity contribution in [2.45, 2.75) is 141 Å². The number of anilines is 4. The number of carbonyl (C=O) groups is 7. The van der Waals surface area contributed by atoms with E-state index >= 15 is 0 Å². The van der Waals surface area contributed by atoms with E-state index in [1.807, 2.05) is 78.9 Å². The van der Waals surface area contributed by atoms with E-state index in [0.29, 0.717) is 77.0 Å². The lowest BCUT2D eigenvalue weighted by Gasteiger charge is -2.34. The van der Waals surface area contributed by atoms with E-state index in [9.17, 15) is 67.8 Å². The number of aliphatic hydroxyl groups excluding tert-OH is 2. The van der Waals surface area contributed by atoms with Crippen LogP contribution in [0.15, 0.2) is 164 Å². The zero-order valence-corrected chi connectivity index (χ0v) is 73.7. The first-order valence-electron chi connectivity index (χ1n) is 44.3. The Morgan fingerprint density at radius 3 is 1.40 bits per heavy atom. The maximum atomic E-state index is 15.0. The van der Waals surface area contributed by atoms with Crippen LogP contribution in [0.3, 0.4) is 0 Å². The molecule has 8 fully saturated rings. The van der Waals surface area contributed by atoms with Crippen molar-refractivity contribution in [3.63, 3.8) is 0 Å². The molecule has 3 aromatic heterocycles. The molecule has 7 heterocycles. The Hall–Kier alpha value is -14.1. The predicted molar refractivity (Wildman–Crippen MR) is 481 cm³/mol. The minimum absolute atomic E-state index is 0.00108. The summed E-state index contributed by atoms with van der Waals surface area (Å²) in [5, 5.41) is 75.8. The number of rotatable bonds is 24. The Morgan fingerprint density at radius 1 is 0.508 bits per heavy atom. The van der Waals surface area contributed by atoms with Crippen molar-refractivity contribution in [3.8, 4) is 91.9 Å². The molecule has 6 aromatic carbocycles. The van der Waals surface area contributed by atoms with E-state index in [2.05, 4.69) is 93.5 Å². The highest BCUT2D eigenvalue weighted by Crippen LogP contribution is 2.52. The first-order chi connectivity index (χ1) is 63.7. The van der Waals surface area contributed by atoms with Crippen molar-refractivity contribution in [1.29, 1.82) is 21.0 Å². The lowest BCUT2D eigenvalue weighted by atomic mass is 10.0. The Balaban J connectivity index is 0.000000142. The van der Waals surface area contributed by atoms with Crippen LogP contribution in [0.25, 0.3) is 44.6 Å². The zero-order chi connectivity index (χ0) is 93.4. The van der Waals surface area contributed by atoms with Crippen LogP contribution in [0.2, 0.25) is 0 Å². The molecule has 2 unspecified atom stereocenters. The van der Waals surface area contributed by atoms with Gasteiger partial charge in [0.15, 0.2) is 24.2 Å². The molecule has 30 nitrogen and oxygen atoms in total. The zero-order valence-electron chi connectivity index (χ0n) is 73.7. The first kappa shape index (κ1) is 94.0. The van der Waals surface area contributed by atoms with Crippen molar-refractivity contribution < 1.29 is 80.6 Å². The third-order valence-electron chi connectivity index (χ3n) is 24.8. The van der Waals surface area contributed by atoms with Gasteiger partial charge in [0, 0.05) is 117 Å². The number of aryl methyl sites for hydroxylation is 1. The molecule has 4 saturated carbocycles. The van der Waals surface area contributed by atoms with Crippen LogP contribution in [0.5, 0.6) is 23.0 Å². The lowest BCUT2D eigenvalue weighted by Crippen LogP contribution is -2.50. The summed E-state index contributed by atoms with van der Waals surface area (Å²) in [6, 6.07) is 51.4. The molecule has 684 valence electrons. The van der Waals surface area contributed by atoms with Gasteiger partial charge in [-0.25, -0.2) is 18.2 Å². The number of hydrogen-bond acceptors (Lipinski definition) is 22.